The molecule has 2 heterocycles. The maximum absolute atomic E-state index is 13.3. The molecule has 1 aromatic heterocycles. The number of nitrogens with zero attached hydrogens (tertiary/aromatic N) is 3. The fraction of sp³-hybridized carbons (Fsp3) is 0.211. The summed E-state index contributed by atoms with van der Waals surface area (Å²) in [5.41, 5.74) is 7.61. The first-order valence-electron chi connectivity index (χ1n) is 8.31. The third-order valence-electron chi connectivity index (χ3n) is 4.69. The third-order valence-corrected chi connectivity index (χ3v) is 4.69. The number of benzene rings is 2. The van der Waals surface area contributed by atoms with Crippen molar-refractivity contribution in [3.63, 3.8) is 0 Å². The number of hydrogen-bond donors (Lipinski definition) is 1. The number of halogens is 3. The highest BCUT2D eigenvalue weighted by Crippen LogP contribution is 2.35. The number of primary amides is 1. The normalized spacial score (nSPS) is 17.0. The molecule has 0 saturated heterocycles. The van der Waals surface area contributed by atoms with Gasteiger partial charge in [-0.25, -0.2) is 9.97 Å². The van der Waals surface area contributed by atoms with Crippen LogP contribution in [0.2, 0.25) is 0 Å². The number of amides is 1. The van der Waals surface area contributed by atoms with Gasteiger partial charge in [-0.05, 0) is 23.3 Å². The van der Waals surface area contributed by atoms with E-state index in [1.165, 1.54) is 6.07 Å². The second kappa shape index (κ2) is 6.22. The van der Waals surface area contributed by atoms with E-state index in [9.17, 15) is 18.0 Å². The van der Waals surface area contributed by atoms with Gasteiger partial charge >= 0.3 is 6.18 Å². The Morgan fingerprint density at radius 1 is 1.04 bits per heavy atom. The molecule has 0 spiro atoms. The molecule has 138 valence electrons. The number of alkyl halides is 3. The molecule has 2 N–H and O–H groups in total. The van der Waals surface area contributed by atoms with E-state index in [1.807, 2.05) is 24.3 Å². The molecule has 8 heteroatoms. The Kier molecular flexibility index (Phi) is 3.98. The van der Waals surface area contributed by atoms with Crippen molar-refractivity contribution in [2.75, 3.05) is 4.90 Å². The van der Waals surface area contributed by atoms with Crippen molar-refractivity contribution < 1.29 is 18.0 Å². The third kappa shape index (κ3) is 3.07. The van der Waals surface area contributed by atoms with Gasteiger partial charge < -0.3 is 10.6 Å². The highest BCUT2D eigenvalue weighted by molar-refractivity contribution is 5.93. The van der Waals surface area contributed by atoms with Crippen molar-refractivity contribution >= 4 is 22.6 Å². The van der Waals surface area contributed by atoms with Crippen LogP contribution >= 0.6 is 0 Å². The number of para-hydroxylation sites is 1. The fourth-order valence-corrected chi connectivity index (χ4v) is 3.41. The van der Waals surface area contributed by atoms with Gasteiger partial charge in [0, 0.05) is 18.4 Å². The van der Waals surface area contributed by atoms with E-state index in [4.69, 9.17) is 5.73 Å². The lowest BCUT2D eigenvalue weighted by atomic mass is 9.93. The predicted octanol–water partition coefficient (Wildman–Crippen LogP) is 3.07. The van der Waals surface area contributed by atoms with Gasteiger partial charge in [0.2, 0.25) is 11.7 Å². The van der Waals surface area contributed by atoms with E-state index in [2.05, 4.69) is 9.97 Å². The fourth-order valence-electron chi connectivity index (χ4n) is 3.41. The van der Waals surface area contributed by atoms with Crippen molar-refractivity contribution in [3.05, 3.63) is 65.5 Å². The minimum absolute atomic E-state index is 0.0613. The highest BCUT2D eigenvalue weighted by Gasteiger charge is 2.38. The Morgan fingerprint density at radius 3 is 2.41 bits per heavy atom. The number of hydrogen-bond acceptors (Lipinski definition) is 4. The van der Waals surface area contributed by atoms with Gasteiger partial charge in [0.15, 0.2) is 0 Å². The van der Waals surface area contributed by atoms with Crippen molar-refractivity contribution in [3.8, 4) is 0 Å². The van der Waals surface area contributed by atoms with Crippen molar-refractivity contribution in [1.29, 1.82) is 0 Å². The average molecular weight is 372 g/mol. The van der Waals surface area contributed by atoms with Gasteiger partial charge in [0.1, 0.15) is 11.9 Å². The van der Waals surface area contributed by atoms with Crippen molar-refractivity contribution in [2.45, 2.75) is 25.2 Å². The van der Waals surface area contributed by atoms with Gasteiger partial charge in [-0.3, -0.25) is 4.79 Å². The molecule has 0 fully saturated rings. The Hall–Kier alpha value is -3.16. The molecule has 0 aliphatic carbocycles. The van der Waals surface area contributed by atoms with Crippen LogP contribution in [-0.4, -0.2) is 21.9 Å². The number of rotatable bonds is 2. The Balaban J connectivity index is 1.93. The maximum atomic E-state index is 13.3. The summed E-state index contributed by atoms with van der Waals surface area (Å²) in [7, 11) is 0. The Bertz CT molecular complexity index is 1030. The second-order valence-corrected chi connectivity index (χ2v) is 6.40. The minimum atomic E-state index is -4.70. The zero-order chi connectivity index (χ0) is 19.2. The molecule has 3 aromatic rings. The summed E-state index contributed by atoms with van der Waals surface area (Å²) in [4.78, 5) is 21.0. The zero-order valence-corrected chi connectivity index (χ0v) is 14.1. The van der Waals surface area contributed by atoms with Crippen LogP contribution in [0.15, 0.2) is 48.5 Å². The van der Waals surface area contributed by atoms with Crippen LogP contribution in [-0.2, 0) is 23.9 Å². The average Bonchev–Trinajstić information content (AvgIpc) is 2.65. The number of carbonyl (C=O) groups excluding carboxylic acids is 1. The lowest BCUT2D eigenvalue weighted by Gasteiger charge is -2.36. The smallest absolute Gasteiger partial charge is 0.368 e. The summed E-state index contributed by atoms with van der Waals surface area (Å²) in [5, 5.41) is 0.441. The number of aromatic nitrogens is 2. The minimum Gasteiger partial charge on any atom is -0.368 e. The molecular formula is C19H15F3N4O. The summed E-state index contributed by atoms with van der Waals surface area (Å²) in [6.45, 7) is 0.238. The van der Waals surface area contributed by atoms with Crippen LogP contribution in [0.25, 0.3) is 10.9 Å². The molecule has 0 radical (unpaired) electrons. The largest absolute Gasteiger partial charge is 0.451 e. The number of anilines is 1. The molecule has 1 aliphatic rings. The molecule has 1 atom stereocenters. The van der Waals surface area contributed by atoms with Gasteiger partial charge in [-0.2, -0.15) is 13.2 Å². The van der Waals surface area contributed by atoms with E-state index >= 15 is 0 Å². The van der Waals surface area contributed by atoms with Crippen LogP contribution in [0.4, 0.5) is 19.0 Å². The maximum Gasteiger partial charge on any atom is 0.451 e. The first-order chi connectivity index (χ1) is 12.8. The van der Waals surface area contributed by atoms with Crippen LogP contribution in [0.3, 0.4) is 0 Å². The van der Waals surface area contributed by atoms with Gasteiger partial charge in [0.25, 0.3) is 0 Å². The lowest BCUT2D eigenvalue weighted by Crippen LogP contribution is -2.49. The first kappa shape index (κ1) is 17.3. The molecule has 1 aliphatic heterocycles. The lowest BCUT2D eigenvalue weighted by molar-refractivity contribution is -0.144. The molecule has 4 rings (SSSR count). The second-order valence-electron chi connectivity index (χ2n) is 6.40. The summed E-state index contributed by atoms with van der Waals surface area (Å²) in [6, 6.07) is 13.1. The number of nitrogens with two attached hydrogens (primary N) is 1. The van der Waals surface area contributed by atoms with Crippen LogP contribution in [0.1, 0.15) is 17.0 Å². The highest BCUT2D eigenvalue weighted by atomic mass is 19.4. The first-order valence-corrected chi connectivity index (χ1v) is 8.31. The molecule has 0 bridgehead atoms. The summed E-state index contributed by atoms with van der Waals surface area (Å²) in [5.74, 6) is -1.79. The van der Waals surface area contributed by atoms with Crippen LogP contribution in [0, 0.1) is 0 Å². The van der Waals surface area contributed by atoms with Gasteiger partial charge in [0.05, 0.1) is 5.52 Å². The number of carbonyl (C=O) groups is 1. The molecule has 1 amide bonds. The van der Waals surface area contributed by atoms with Crippen LogP contribution in [0.5, 0.6) is 0 Å². The standard InChI is InChI=1S/C19H15F3N4O/c20-19(21,22)18-24-14-8-4-3-7-13(14)17(25-18)26-10-12-6-2-1-5-11(12)9-15(26)16(23)27/h1-8,15H,9-10H2,(H2,23,27)/t15-/m0/s1. The van der Waals surface area contributed by atoms with E-state index in [0.717, 1.165) is 11.1 Å². The molecule has 5 nitrogen and oxygen atoms in total. The molecule has 27 heavy (non-hydrogen) atoms. The van der Waals surface area contributed by atoms with Crippen molar-refractivity contribution in [1.82, 2.24) is 9.97 Å². The molecule has 0 saturated carbocycles. The van der Waals surface area contributed by atoms with Gasteiger partial charge in [-0.15, -0.1) is 0 Å². The van der Waals surface area contributed by atoms with Crippen molar-refractivity contribution in [2.24, 2.45) is 5.73 Å². The number of fused-ring (bicyclic) bond motifs is 2. The predicted molar refractivity (Wildman–Crippen MR) is 93.9 cm³/mol. The van der Waals surface area contributed by atoms with Gasteiger partial charge in [-0.1, -0.05) is 36.4 Å². The Labute approximate surface area is 152 Å². The zero-order valence-electron chi connectivity index (χ0n) is 14.1. The van der Waals surface area contributed by atoms with E-state index < -0.39 is 23.9 Å². The Morgan fingerprint density at radius 2 is 1.70 bits per heavy atom. The van der Waals surface area contributed by atoms with E-state index in [0.29, 0.717) is 11.8 Å². The monoisotopic (exact) mass is 372 g/mol. The quantitative estimate of drug-likeness (QED) is 0.751. The summed E-state index contributed by atoms with van der Waals surface area (Å²) < 4.78 is 40.0. The molecule has 0 unspecified atom stereocenters. The SMILES string of the molecule is NC(=O)[C@@H]1Cc2ccccc2CN1c1nc(C(F)(F)F)nc2ccccc12. The van der Waals surface area contributed by atoms with E-state index in [1.54, 1.807) is 23.1 Å². The van der Waals surface area contributed by atoms with Crippen LogP contribution < -0.4 is 10.6 Å². The summed E-state index contributed by atoms with van der Waals surface area (Å²) in [6.07, 6.45) is -4.39. The van der Waals surface area contributed by atoms with E-state index in [-0.39, 0.29) is 17.9 Å². The molecular weight excluding hydrogens is 357 g/mol. The topological polar surface area (TPSA) is 72.1 Å². The molecule has 2 aromatic carbocycles. The summed E-state index contributed by atoms with van der Waals surface area (Å²) >= 11 is 0.